The van der Waals surface area contributed by atoms with Crippen LogP contribution in [0.2, 0.25) is 10.3 Å². The van der Waals surface area contributed by atoms with E-state index in [0.29, 0.717) is 16.4 Å². The third kappa shape index (κ3) is 3.03. The molecule has 0 saturated carbocycles. The molecule has 2 heterocycles. The lowest BCUT2D eigenvalue weighted by molar-refractivity contribution is 0.102. The maximum absolute atomic E-state index is 12.0. The molecule has 2 rings (SSSR count). The first kappa shape index (κ1) is 13.8. The van der Waals surface area contributed by atoms with E-state index in [9.17, 15) is 4.79 Å². The number of halogens is 3. The molecule has 18 heavy (non-hydrogen) atoms. The van der Waals surface area contributed by atoms with E-state index in [-0.39, 0.29) is 11.1 Å². The summed E-state index contributed by atoms with van der Waals surface area (Å²) in [5.74, 6) is -0.230. The Kier molecular flexibility index (Phi) is 4.27. The minimum absolute atomic E-state index is 0.183. The molecule has 94 valence electrons. The maximum Gasteiger partial charge on any atom is 0.256 e. The van der Waals surface area contributed by atoms with Gasteiger partial charge < -0.3 is 5.32 Å². The Morgan fingerprint density at radius 3 is 2.72 bits per heavy atom. The molecule has 0 atom stereocenters. The monoisotopic (exact) mass is 364 g/mol. The molecule has 0 aliphatic rings. The van der Waals surface area contributed by atoms with Crippen LogP contribution in [0.4, 0.5) is 5.69 Å². The van der Waals surface area contributed by atoms with Crippen LogP contribution < -0.4 is 5.32 Å². The number of nitrogens with zero attached hydrogens (tertiary/aromatic N) is 1. The quantitative estimate of drug-likeness (QED) is 0.778. The molecule has 0 radical (unpaired) electrons. The fraction of sp³-hybridized carbons (Fsp3) is 0.0909. The van der Waals surface area contributed by atoms with Crippen LogP contribution in [-0.4, -0.2) is 10.9 Å². The Labute approximate surface area is 126 Å². The van der Waals surface area contributed by atoms with E-state index >= 15 is 0 Å². The van der Waals surface area contributed by atoms with Crippen molar-refractivity contribution in [2.75, 3.05) is 5.32 Å². The summed E-state index contributed by atoms with van der Waals surface area (Å²) < 4.78 is 0.893. The van der Waals surface area contributed by atoms with E-state index < -0.39 is 0 Å². The van der Waals surface area contributed by atoms with Gasteiger partial charge in [-0.1, -0.05) is 23.2 Å². The first-order chi connectivity index (χ1) is 8.47. The Balaban J connectivity index is 2.27. The molecular formula is C11H7BrCl2N2OS. The van der Waals surface area contributed by atoms with Crippen LogP contribution in [0.3, 0.4) is 0 Å². The average Bonchev–Trinajstić information content (AvgIpc) is 2.70. The van der Waals surface area contributed by atoms with Crippen LogP contribution in [0.15, 0.2) is 21.3 Å². The number of anilines is 1. The molecule has 0 aliphatic carbocycles. The highest BCUT2D eigenvalue weighted by molar-refractivity contribution is 9.11. The number of hydrogen-bond acceptors (Lipinski definition) is 3. The van der Waals surface area contributed by atoms with Crippen molar-refractivity contribution in [1.29, 1.82) is 0 Å². The molecule has 0 aromatic carbocycles. The predicted octanol–water partition coefficient (Wildman–Crippen LogP) is 4.77. The summed E-state index contributed by atoms with van der Waals surface area (Å²) >= 11 is 16.5. The van der Waals surface area contributed by atoms with E-state index in [4.69, 9.17) is 23.2 Å². The van der Waals surface area contributed by atoms with Gasteiger partial charge in [0.1, 0.15) is 5.15 Å². The number of carbonyl (C=O) groups is 1. The zero-order chi connectivity index (χ0) is 13.3. The summed E-state index contributed by atoms with van der Waals surface area (Å²) in [4.78, 5) is 15.9. The number of hydrogen-bond donors (Lipinski definition) is 1. The Morgan fingerprint density at radius 2 is 2.17 bits per heavy atom. The van der Waals surface area contributed by atoms with E-state index in [1.54, 1.807) is 24.4 Å². The number of rotatable bonds is 2. The molecule has 0 fully saturated rings. The number of carbonyl (C=O) groups excluding carboxylic acids is 1. The summed E-state index contributed by atoms with van der Waals surface area (Å²) in [5.41, 5.74) is 1.81. The van der Waals surface area contributed by atoms with Crippen LogP contribution in [0.1, 0.15) is 15.9 Å². The summed E-state index contributed by atoms with van der Waals surface area (Å²) in [6, 6.07) is 3.39. The molecule has 1 N–H and O–H groups in total. The van der Waals surface area contributed by atoms with Gasteiger partial charge in [0.15, 0.2) is 5.15 Å². The van der Waals surface area contributed by atoms with Gasteiger partial charge in [-0.05, 0) is 40.5 Å². The van der Waals surface area contributed by atoms with Crippen molar-refractivity contribution in [1.82, 2.24) is 4.98 Å². The summed E-state index contributed by atoms with van der Waals surface area (Å²) in [6.07, 6.45) is 0. The first-order valence-electron chi connectivity index (χ1n) is 4.85. The van der Waals surface area contributed by atoms with Gasteiger partial charge in [-0.2, -0.15) is 0 Å². The van der Waals surface area contributed by atoms with E-state index in [2.05, 4.69) is 26.2 Å². The van der Waals surface area contributed by atoms with Crippen molar-refractivity contribution in [2.45, 2.75) is 6.92 Å². The highest BCUT2D eigenvalue weighted by atomic mass is 79.9. The van der Waals surface area contributed by atoms with Gasteiger partial charge in [-0.15, -0.1) is 11.3 Å². The fourth-order valence-electron chi connectivity index (χ4n) is 1.36. The van der Waals surface area contributed by atoms with Gasteiger partial charge in [0.05, 0.1) is 15.0 Å². The largest absolute Gasteiger partial charge is 0.319 e. The van der Waals surface area contributed by atoms with Crippen LogP contribution >= 0.6 is 50.5 Å². The molecule has 0 saturated heterocycles. The molecule has 3 nitrogen and oxygen atoms in total. The van der Waals surface area contributed by atoms with Gasteiger partial charge in [-0.3, -0.25) is 4.79 Å². The van der Waals surface area contributed by atoms with E-state index in [0.717, 1.165) is 9.35 Å². The van der Waals surface area contributed by atoms with E-state index in [1.807, 2.05) is 0 Å². The van der Waals surface area contributed by atoms with Gasteiger partial charge in [0, 0.05) is 5.38 Å². The molecule has 1 amide bonds. The minimum Gasteiger partial charge on any atom is -0.319 e. The molecule has 0 unspecified atom stereocenters. The van der Waals surface area contributed by atoms with Crippen molar-refractivity contribution < 1.29 is 4.79 Å². The molecule has 7 heteroatoms. The zero-order valence-corrected chi connectivity index (χ0v) is 13.0. The molecule has 0 spiro atoms. The van der Waals surface area contributed by atoms with Crippen molar-refractivity contribution in [3.8, 4) is 0 Å². The number of aromatic nitrogens is 1. The lowest BCUT2D eigenvalue weighted by Gasteiger charge is -2.09. The van der Waals surface area contributed by atoms with Gasteiger partial charge >= 0.3 is 0 Å². The zero-order valence-electron chi connectivity index (χ0n) is 9.13. The highest BCUT2D eigenvalue weighted by Gasteiger charge is 2.13. The molecule has 2 aromatic heterocycles. The molecule has 0 bridgehead atoms. The number of pyridine rings is 1. The highest BCUT2D eigenvalue weighted by Crippen LogP contribution is 2.28. The topological polar surface area (TPSA) is 42.0 Å². The summed E-state index contributed by atoms with van der Waals surface area (Å²) in [6.45, 7) is 1.80. The minimum atomic E-state index is -0.230. The van der Waals surface area contributed by atoms with Gasteiger partial charge in [-0.25, -0.2) is 4.98 Å². The SMILES string of the molecule is Cc1cc(Cl)nc(Cl)c1NC(=O)c1csc(Br)c1. The standard InChI is InChI=1S/C11H7BrCl2N2OS/c1-5-2-8(13)15-10(14)9(5)16-11(17)6-3-7(12)18-4-6/h2-4H,1H3,(H,16,17). The van der Waals surface area contributed by atoms with Crippen molar-refractivity contribution in [2.24, 2.45) is 0 Å². The first-order valence-corrected chi connectivity index (χ1v) is 7.28. The average molecular weight is 366 g/mol. The predicted molar refractivity (Wildman–Crippen MR) is 79.0 cm³/mol. The second kappa shape index (κ2) is 5.57. The van der Waals surface area contributed by atoms with Crippen molar-refractivity contribution in [3.05, 3.63) is 42.7 Å². The summed E-state index contributed by atoms with van der Waals surface area (Å²) in [7, 11) is 0. The number of aryl methyl sites for hydroxylation is 1. The Bertz CT molecular complexity index is 592. The lowest BCUT2D eigenvalue weighted by atomic mass is 10.2. The smallest absolute Gasteiger partial charge is 0.256 e. The number of nitrogens with one attached hydrogen (secondary N) is 1. The van der Waals surface area contributed by atoms with Crippen LogP contribution in [0.5, 0.6) is 0 Å². The third-order valence-electron chi connectivity index (χ3n) is 2.21. The Morgan fingerprint density at radius 1 is 1.44 bits per heavy atom. The molecular weight excluding hydrogens is 359 g/mol. The van der Waals surface area contributed by atoms with Crippen molar-refractivity contribution in [3.63, 3.8) is 0 Å². The molecule has 0 aliphatic heterocycles. The maximum atomic E-state index is 12.0. The number of thiophene rings is 1. The Hall–Kier alpha value is -0.620. The van der Waals surface area contributed by atoms with Crippen LogP contribution in [0.25, 0.3) is 0 Å². The van der Waals surface area contributed by atoms with Gasteiger partial charge in [0.25, 0.3) is 5.91 Å². The normalized spacial score (nSPS) is 10.4. The molecule has 2 aromatic rings. The van der Waals surface area contributed by atoms with Crippen molar-refractivity contribution >= 4 is 62.1 Å². The van der Waals surface area contributed by atoms with Crippen LogP contribution in [0, 0.1) is 6.92 Å². The lowest BCUT2D eigenvalue weighted by Crippen LogP contribution is -2.12. The fourth-order valence-corrected chi connectivity index (χ4v) is 3.08. The second-order valence-electron chi connectivity index (χ2n) is 3.52. The van der Waals surface area contributed by atoms with Crippen LogP contribution in [-0.2, 0) is 0 Å². The van der Waals surface area contributed by atoms with Gasteiger partial charge in [0.2, 0.25) is 0 Å². The second-order valence-corrected chi connectivity index (χ2v) is 6.56. The number of amides is 1. The van der Waals surface area contributed by atoms with E-state index in [1.165, 1.54) is 11.3 Å². The third-order valence-corrected chi connectivity index (χ3v) is 4.18. The summed E-state index contributed by atoms with van der Waals surface area (Å²) in [5, 5.41) is 4.97.